The van der Waals surface area contributed by atoms with Crippen molar-refractivity contribution in [2.24, 2.45) is 0 Å². The van der Waals surface area contributed by atoms with E-state index in [0.717, 1.165) is 57.8 Å². The van der Waals surface area contributed by atoms with Crippen LogP contribution in [0.1, 0.15) is 135 Å². The normalized spacial score (nSPS) is 21.2. The van der Waals surface area contributed by atoms with Crippen molar-refractivity contribution in [3.05, 3.63) is 0 Å². The van der Waals surface area contributed by atoms with E-state index in [1.807, 2.05) is 0 Å². The van der Waals surface area contributed by atoms with Crippen molar-refractivity contribution in [3.63, 3.8) is 0 Å². The van der Waals surface area contributed by atoms with E-state index in [9.17, 15) is 10.2 Å². The molecule has 0 aliphatic carbocycles. The fourth-order valence-corrected chi connectivity index (χ4v) is 4.64. The molecule has 1 aliphatic rings. The van der Waals surface area contributed by atoms with Gasteiger partial charge in [0.25, 0.3) is 0 Å². The second-order valence-electron chi connectivity index (χ2n) is 9.53. The predicted octanol–water partition coefficient (Wildman–Crippen LogP) is 6.29. The van der Waals surface area contributed by atoms with Crippen molar-refractivity contribution < 1.29 is 20.1 Å². The van der Waals surface area contributed by atoms with Crippen molar-refractivity contribution >= 4 is 0 Å². The lowest BCUT2D eigenvalue weighted by molar-refractivity contribution is -0.0786. The third-order valence-corrected chi connectivity index (χ3v) is 6.71. The van der Waals surface area contributed by atoms with Gasteiger partial charge in [0, 0.05) is 6.61 Å². The van der Waals surface area contributed by atoms with Gasteiger partial charge >= 0.3 is 0 Å². The lowest BCUT2D eigenvalue weighted by Gasteiger charge is -2.22. The summed E-state index contributed by atoms with van der Waals surface area (Å²) in [6.07, 6.45) is 22.1. The Balaban J connectivity index is 1.97. The lowest BCUT2D eigenvalue weighted by atomic mass is 10.00. The van der Waals surface area contributed by atoms with Gasteiger partial charge in [-0.2, -0.15) is 0 Å². The molecule has 0 radical (unpaired) electrons. The first kappa shape index (κ1) is 27.9. The molecule has 4 atom stereocenters. The molecular formula is C26H52O4. The zero-order valence-corrected chi connectivity index (χ0v) is 19.9. The Bertz CT molecular complexity index is 363. The minimum Gasteiger partial charge on any atom is -0.396 e. The molecule has 1 rings (SSSR count). The highest BCUT2D eigenvalue weighted by Crippen LogP contribution is 2.28. The lowest BCUT2D eigenvalue weighted by Crippen LogP contribution is -2.31. The summed E-state index contributed by atoms with van der Waals surface area (Å²) in [6, 6.07) is 0. The van der Waals surface area contributed by atoms with Crippen LogP contribution in [0.3, 0.4) is 0 Å². The first-order valence-corrected chi connectivity index (χ1v) is 13.3. The van der Waals surface area contributed by atoms with Gasteiger partial charge in [0.2, 0.25) is 0 Å². The standard InChI is InChI=1S/C26H52O4/c1-2-3-4-5-6-7-8-9-12-15-18-23(28)25-20-21-26(30-25)24(29)19-16-13-10-11-14-17-22-27/h23-29H,2-22H2,1H3/t23-,24-,25-,26-/m0/s1. The van der Waals surface area contributed by atoms with E-state index in [4.69, 9.17) is 9.84 Å². The largest absolute Gasteiger partial charge is 0.396 e. The maximum Gasteiger partial charge on any atom is 0.0840 e. The van der Waals surface area contributed by atoms with Crippen LogP contribution in [0.5, 0.6) is 0 Å². The highest BCUT2D eigenvalue weighted by Gasteiger charge is 2.33. The van der Waals surface area contributed by atoms with Gasteiger partial charge in [0.1, 0.15) is 0 Å². The molecular weight excluding hydrogens is 376 g/mol. The van der Waals surface area contributed by atoms with Crippen LogP contribution >= 0.6 is 0 Å². The fourth-order valence-electron chi connectivity index (χ4n) is 4.64. The fraction of sp³-hybridized carbons (Fsp3) is 1.00. The minimum absolute atomic E-state index is 0.0818. The summed E-state index contributed by atoms with van der Waals surface area (Å²) in [4.78, 5) is 0. The summed E-state index contributed by atoms with van der Waals surface area (Å²) < 4.78 is 6.01. The van der Waals surface area contributed by atoms with Gasteiger partial charge < -0.3 is 20.1 Å². The predicted molar refractivity (Wildman–Crippen MR) is 126 cm³/mol. The van der Waals surface area contributed by atoms with Gasteiger partial charge in [0.15, 0.2) is 0 Å². The Morgan fingerprint density at radius 2 is 0.967 bits per heavy atom. The van der Waals surface area contributed by atoms with Crippen LogP contribution in [-0.2, 0) is 4.74 Å². The third-order valence-electron chi connectivity index (χ3n) is 6.71. The number of rotatable bonds is 21. The van der Waals surface area contributed by atoms with E-state index in [2.05, 4.69) is 6.92 Å². The van der Waals surface area contributed by atoms with Crippen molar-refractivity contribution in [2.45, 2.75) is 160 Å². The van der Waals surface area contributed by atoms with E-state index < -0.39 is 6.10 Å². The van der Waals surface area contributed by atoms with Gasteiger partial charge in [-0.3, -0.25) is 0 Å². The molecule has 1 saturated heterocycles. The molecule has 1 aliphatic heterocycles. The average Bonchev–Trinajstić information content (AvgIpc) is 3.25. The van der Waals surface area contributed by atoms with Crippen LogP contribution in [0, 0.1) is 0 Å². The van der Waals surface area contributed by atoms with E-state index in [1.165, 1.54) is 70.6 Å². The number of ether oxygens (including phenoxy) is 1. The molecule has 0 amide bonds. The number of hydrogen-bond acceptors (Lipinski definition) is 4. The second kappa shape index (κ2) is 19.5. The molecule has 0 aromatic carbocycles. The van der Waals surface area contributed by atoms with Gasteiger partial charge in [-0.15, -0.1) is 0 Å². The van der Waals surface area contributed by atoms with Crippen molar-refractivity contribution in [1.82, 2.24) is 0 Å². The van der Waals surface area contributed by atoms with Crippen LogP contribution in [0.2, 0.25) is 0 Å². The quantitative estimate of drug-likeness (QED) is 0.188. The molecule has 0 aromatic rings. The molecule has 1 fully saturated rings. The summed E-state index contributed by atoms with van der Waals surface area (Å²) in [5.41, 5.74) is 0. The first-order valence-electron chi connectivity index (χ1n) is 13.3. The number of hydrogen-bond donors (Lipinski definition) is 3. The molecule has 0 unspecified atom stereocenters. The Labute approximate surface area is 186 Å². The molecule has 0 spiro atoms. The topological polar surface area (TPSA) is 69.9 Å². The van der Waals surface area contributed by atoms with E-state index in [0.29, 0.717) is 6.61 Å². The monoisotopic (exact) mass is 428 g/mol. The van der Waals surface area contributed by atoms with Crippen LogP contribution in [0.4, 0.5) is 0 Å². The molecule has 4 heteroatoms. The molecule has 3 N–H and O–H groups in total. The molecule has 0 bridgehead atoms. The number of unbranched alkanes of at least 4 members (excludes halogenated alkanes) is 14. The van der Waals surface area contributed by atoms with Crippen molar-refractivity contribution in [1.29, 1.82) is 0 Å². The summed E-state index contributed by atoms with van der Waals surface area (Å²) in [5, 5.41) is 29.7. The summed E-state index contributed by atoms with van der Waals surface area (Å²) in [6.45, 7) is 2.56. The maximum absolute atomic E-state index is 10.5. The highest BCUT2D eigenvalue weighted by atomic mass is 16.5. The van der Waals surface area contributed by atoms with Gasteiger partial charge in [-0.25, -0.2) is 0 Å². The molecule has 0 aromatic heterocycles. The maximum atomic E-state index is 10.5. The van der Waals surface area contributed by atoms with Crippen LogP contribution in [-0.4, -0.2) is 46.3 Å². The molecule has 0 saturated carbocycles. The summed E-state index contributed by atoms with van der Waals surface area (Å²) in [5.74, 6) is 0. The number of aliphatic hydroxyl groups excluding tert-OH is 3. The Morgan fingerprint density at radius 1 is 0.600 bits per heavy atom. The van der Waals surface area contributed by atoms with Crippen LogP contribution in [0.25, 0.3) is 0 Å². The van der Waals surface area contributed by atoms with Gasteiger partial charge in [-0.1, -0.05) is 103 Å². The van der Waals surface area contributed by atoms with Crippen LogP contribution < -0.4 is 0 Å². The first-order chi connectivity index (χ1) is 14.7. The second-order valence-corrected chi connectivity index (χ2v) is 9.53. The van der Waals surface area contributed by atoms with E-state index in [1.54, 1.807) is 0 Å². The SMILES string of the molecule is CCCCCCCCCCCC[C@H](O)[C@@H]1CC[C@@H]([C@@H](O)CCCCCCCCO)O1. The molecule has 4 nitrogen and oxygen atoms in total. The van der Waals surface area contributed by atoms with Crippen molar-refractivity contribution in [2.75, 3.05) is 6.61 Å². The Kier molecular flexibility index (Phi) is 18.1. The van der Waals surface area contributed by atoms with E-state index in [-0.39, 0.29) is 18.3 Å². The molecule has 1 heterocycles. The highest BCUT2D eigenvalue weighted by molar-refractivity contribution is 4.83. The number of aliphatic hydroxyl groups is 3. The molecule has 180 valence electrons. The summed E-state index contributed by atoms with van der Waals surface area (Å²) >= 11 is 0. The molecule has 30 heavy (non-hydrogen) atoms. The van der Waals surface area contributed by atoms with Crippen LogP contribution in [0.15, 0.2) is 0 Å². The van der Waals surface area contributed by atoms with E-state index >= 15 is 0 Å². The zero-order chi connectivity index (χ0) is 21.9. The summed E-state index contributed by atoms with van der Waals surface area (Å²) in [7, 11) is 0. The van der Waals surface area contributed by atoms with Gasteiger partial charge in [-0.05, 0) is 32.1 Å². The average molecular weight is 429 g/mol. The third kappa shape index (κ3) is 14.0. The van der Waals surface area contributed by atoms with Gasteiger partial charge in [0.05, 0.1) is 24.4 Å². The zero-order valence-electron chi connectivity index (χ0n) is 19.9. The Morgan fingerprint density at radius 3 is 1.37 bits per heavy atom. The minimum atomic E-state index is -0.392. The van der Waals surface area contributed by atoms with Crippen molar-refractivity contribution in [3.8, 4) is 0 Å². The smallest absolute Gasteiger partial charge is 0.0840 e. The Hall–Kier alpha value is -0.160.